The second-order valence-corrected chi connectivity index (χ2v) is 9.62. The number of hydrogen-bond donors (Lipinski definition) is 1. The van der Waals surface area contributed by atoms with Crippen LogP contribution in [0.15, 0.2) is 59.5 Å². The molecule has 0 radical (unpaired) electrons. The molecule has 3 atom stereocenters. The minimum absolute atomic E-state index is 0.0349. The molecule has 148 valence electrons. The molecule has 2 aromatic rings. The van der Waals surface area contributed by atoms with E-state index >= 15 is 0 Å². The first-order chi connectivity index (χ1) is 13.4. The molecule has 2 aliphatic rings. The van der Waals surface area contributed by atoms with Gasteiger partial charge in [0.15, 0.2) is 0 Å². The minimum atomic E-state index is -3.87. The summed E-state index contributed by atoms with van der Waals surface area (Å²) < 4.78 is 27.7. The fourth-order valence-corrected chi connectivity index (χ4v) is 5.81. The molecular weight excluding hydrogens is 374 g/mol. The first-order valence-corrected chi connectivity index (χ1v) is 11.0. The number of hydrogen-bond acceptors (Lipinski definition) is 4. The largest absolute Gasteiger partial charge is 0.338 e. The number of anilines is 1. The second kappa shape index (κ2) is 7.22. The zero-order valence-corrected chi connectivity index (χ0v) is 16.7. The fourth-order valence-electron chi connectivity index (χ4n) is 4.44. The lowest BCUT2D eigenvalue weighted by atomic mass is 9.98. The van der Waals surface area contributed by atoms with Crippen molar-refractivity contribution >= 4 is 21.6 Å². The van der Waals surface area contributed by atoms with Gasteiger partial charge in [0.25, 0.3) is 15.9 Å². The molecule has 4 rings (SSSR count). The minimum Gasteiger partial charge on any atom is -0.338 e. The number of nitrogens with two attached hydrogens (primary N) is 1. The lowest BCUT2D eigenvalue weighted by Gasteiger charge is -2.23. The van der Waals surface area contributed by atoms with E-state index in [4.69, 9.17) is 5.73 Å². The highest BCUT2D eigenvalue weighted by atomic mass is 32.2. The van der Waals surface area contributed by atoms with Gasteiger partial charge in [0.2, 0.25) is 0 Å². The molecule has 0 aromatic heterocycles. The molecule has 1 amide bonds. The van der Waals surface area contributed by atoms with Gasteiger partial charge in [-0.15, -0.1) is 0 Å². The van der Waals surface area contributed by atoms with Gasteiger partial charge in [-0.1, -0.05) is 30.3 Å². The zero-order valence-electron chi connectivity index (χ0n) is 15.9. The molecular formula is C21H25N3O3S. The Morgan fingerprint density at radius 3 is 2.43 bits per heavy atom. The van der Waals surface area contributed by atoms with Gasteiger partial charge in [-0.25, -0.2) is 8.42 Å². The summed E-state index contributed by atoms with van der Waals surface area (Å²) in [5, 5.41) is 0. The molecule has 2 aromatic carbocycles. The summed E-state index contributed by atoms with van der Waals surface area (Å²) >= 11 is 0. The second-order valence-electron chi connectivity index (χ2n) is 7.68. The topological polar surface area (TPSA) is 83.7 Å². The third-order valence-corrected chi connectivity index (χ3v) is 7.92. The normalized spacial score (nSPS) is 24.2. The molecule has 1 heterocycles. The Morgan fingerprint density at radius 1 is 1.04 bits per heavy atom. The summed E-state index contributed by atoms with van der Waals surface area (Å²) in [5.41, 5.74) is 6.95. The van der Waals surface area contributed by atoms with Gasteiger partial charge in [0, 0.05) is 26.2 Å². The van der Waals surface area contributed by atoms with Crippen LogP contribution in [0.25, 0.3) is 0 Å². The van der Waals surface area contributed by atoms with Crippen molar-refractivity contribution in [1.29, 1.82) is 0 Å². The third kappa shape index (κ3) is 3.18. The summed E-state index contributed by atoms with van der Waals surface area (Å²) in [6.07, 6.45) is 2.04. The number of carbonyl (C=O) groups excluding carboxylic acids is 1. The van der Waals surface area contributed by atoms with E-state index in [2.05, 4.69) is 0 Å². The number of fused-ring (bicyclic) bond motifs is 1. The smallest absolute Gasteiger partial charge is 0.264 e. The van der Waals surface area contributed by atoms with Crippen molar-refractivity contribution in [2.75, 3.05) is 24.4 Å². The number of benzene rings is 2. The highest BCUT2D eigenvalue weighted by molar-refractivity contribution is 7.92. The van der Waals surface area contributed by atoms with Crippen LogP contribution >= 0.6 is 0 Å². The highest BCUT2D eigenvalue weighted by Crippen LogP contribution is 2.38. The van der Waals surface area contributed by atoms with Gasteiger partial charge in [-0.05, 0) is 48.9 Å². The quantitative estimate of drug-likeness (QED) is 0.855. The Morgan fingerprint density at radius 2 is 1.71 bits per heavy atom. The predicted octanol–water partition coefficient (Wildman–Crippen LogP) is 2.32. The van der Waals surface area contributed by atoms with Crippen LogP contribution in [-0.4, -0.2) is 45.4 Å². The van der Waals surface area contributed by atoms with Crippen molar-refractivity contribution in [2.45, 2.75) is 23.8 Å². The summed E-state index contributed by atoms with van der Waals surface area (Å²) in [7, 11) is -2.36. The van der Waals surface area contributed by atoms with Crippen LogP contribution in [0.5, 0.6) is 0 Å². The summed E-state index contributed by atoms with van der Waals surface area (Å²) in [6, 6.07) is 15.4. The Bertz CT molecular complexity index is 977. The van der Waals surface area contributed by atoms with Gasteiger partial charge in [-0.3, -0.25) is 9.10 Å². The van der Waals surface area contributed by atoms with Crippen molar-refractivity contribution in [1.82, 2.24) is 4.90 Å². The van der Waals surface area contributed by atoms with Crippen LogP contribution in [-0.2, 0) is 10.0 Å². The van der Waals surface area contributed by atoms with E-state index in [1.807, 2.05) is 6.07 Å². The Hall–Kier alpha value is -2.38. The summed E-state index contributed by atoms with van der Waals surface area (Å²) in [5.74, 6) is 0.511. The van der Waals surface area contributed by atoms with E-state index in [-0.39, 0.29) is 22.4 Å². The van der Waals surface area contributed by atoms with Gasteiger partial charge >= 0.3 is 0 Å². The molecule has 2 fully saturated rings. The number of likely N-dealkylation sites (tertiary alicyclic amines) is 1. The molecule has 1 saturated heterocycles. The lowest BCUT2D eigenvalue weighted by molar-refractivity contribution is 0.0775. The Kier molecular flexibility index (Phi) is 4.89. The predicted molar refractivity (Wildman–Crippen MR) is 109 cm³/mol. The number of nitrogens with zero attached hydrogens (tertiary/aromatic N) is 2. The molecule has 1 saturated carbocycles. The van der Waals surface area contributed by atoms with E-state index in [0.29, 0.717) is 30.6 Å². The molecule has 6 nitrogen and oxygen atoms in total. The van der Waals surface area contributed by atoms with Crippen LogP contribution in [0.4, 0.5) is 5.69 Å². The average molecular weight is 400 g/mol. The van der Waals surface area contributed by atoms with Gasteiger partial charge in [0.1, 0.15) is 4.90 Å². The molecule has 0 spiro atoms. The highest BCUT2D eigenvalue weighted by Gasteiger charge is 2.43. The van der Waals surface area contributed by atoms with Crippen molar-refractivity contribution in [3.63, 3.8) is 0 Å². The van der Waals surface area contributed by atoms with Crippen LogP contribution in [0.1, 0.15) is 23.2 Å². The van der Waals surface area contributed by atoms with E-state index in [0.717, 1.165) is 12.8 Å². The van der Waals surface area contributed by atoms with E-state index in [1.165, 1.54) is 17.4 Å². The molecule has 28 heavy (non-hydrogen) atoms. The number of para-hydroxylation sites is 1. The SMILES string of the molecule is CN(c1ccccc1)S(=O)(=O)c1ccccc1C(=O)N1CC2CCC(N)C2C1. The first kappa shape index (κ1) is 19.0. The average Bonchev–Trinajstić information content (AvgIpc) is 3.29. The molecule has 2 N–H and O–H groups in total. The van der Waals surface area contributed by atoms with Crippen LogP contribution in [0.2, 0.25) is 0 Å². The maximum absolute atomic E-state index is 13.3. The Balaban J connectivity index is 1.65. The zero-order chi connectivity index (χ0) is 19.9. The number of sulfonamides is 1. The van der Waals surface area contributed by atoms with Gasteiger partial charge < -0.3 is 10.6 Å². The number of carbonyl (C=O) groups is 1. The Labute approximate surface area is 166 Å². The maximum Gasteiger partial charge on any atom is 0.264 e. The fraction of sp³-hybridized carbons (Fsp3) is 0.381. The van der Waals surface area contributed by atoms with Gasteiger partial charge in [0.05, 0.1) is 11.3 Å². The number of rotatable bonds is 4. The molecule has 1 aliphatic heterocycles. The lowest BCUT2D eigenvalue weighted by Crippen LogP contribution is -2.35. The van der Waals surface area contributed by atoms with E-state index < -0.39 is 10.0 Å². The van der Waals surface area contributed by atoms with Crippen LogP contribution < -0.4 is 10.0 Å². The van der Waals surface area contributed by atoms with Crippen LogP contribution in [0, 0.1) is 11.8 Å². The maximum atomic E-state index is 13.3. The molecule has 0 bridgehead atoms. The standard InChI is InChI=1S/C21H25N3O3S/c1-23(16-7-3-2-4-8-16)28(26,27)20-10-6-5-9-17(20)21(25)24-13-15-11-12-19(22)18(15)14-24/h2-10,15,18-19H,11-14,22H2,1H3. The van der Waals surface area contributed by atoms with Crippen molar-refractivity contribution in [2.24, 2.45) is 17.6 Å². The monoisotopic (exact) mass is 399 g/mol. The molecule has 3 unspecified atom stereocenters. The van der Waals surface area contributed by atoms with Gasteiger partial charge in [-0.2, -0.15) is 0 Å². The summed E-state index contributed by atoms with van der Waals surface area (Å²) in [4.78, 5) is 15.0. The van der Waals surface area contributed by atoms with E-state index in [1.54, 1.807) is 47.4 Å². The first-order valence-electron chi connectivity index (χ1n) is 9.57. The van der Waals surface area contributed by atoms with E-state index in [9.17, 15) is 13.2 Å². The summed E-state index contributed by atoms with van der Waals surface area (Å²) in [6.45, 7) is 1.26. The molecule has 1 aliphatic carbocycles. The molecule has 7 heteroatoms. The van der Waals surface area contributed by atoms with Crippen molar-refractivity contribution in [3.8, 4) is 0 Å². The number of amides is 1. The third-order valence-electron chi connectivity index (χ3n) is 6.08. The van der Waals surface area contributed by atoms with Crippen molar-refractivity contribution < 1.29 is 13.2 Å². The van der Waals surface area contributed by atoms with Crippen molar-refractivity contribution in [3.05, 3.63) is 60.2 Å². The van der Waals surface area contributed by atoms with Crippen LogP contribution in [0.3, 0.4) is 0 Å².